The van der Waals surface area contributed by atoms with Crippen molar-refractivity contribution in [1.82, 2.24) is 4.98 Å². The van der Waals surface area contributed by atoms with Crippen molar-refractivity contribution in [2.45, 2.75) is 6.92 Å². The van der Waals surface area contributed by atoms with Crippen LogP contribution < -0.4 is 11.1 Å². The van der Waals surface area contributed by atoms with Crippen LogP contribution in [0.25, 0.3) is 0 Å². The first-order valence-corrected chi connectivity index (χ1v) is 5.36. The summed E-state index contributed by atoms with van der Waals surface area (Å²) in [6.07, 6.45) is 0. The molecule has 92 valence electrons. The number of halogens is 1. The highest BCUT2D eigenvalue weighted by atomic mass is 19.1. The molecule has 1 aromatic carbocycles. The highest BCUT2D eigenvalue weighted by Gasteiger charge is 2.10. The average Bonchev–Trinajstić information content (AvgIpc) is 2.28. The Morgan fingerprint density at radius 3 is 2.78 bits per heavy atom. The van der Waals surface area contributed by atoms with E-state index in [0.717, 1.165) is 5.56 Å². The molecule has 0 radical (unpaired) electrons. The lowest BCUT2D eigenvalue weighted by atomic mass is 10.1. The number of nitrogens with zero attached hydrogens (tertiary/aromatic N) is 1. The Morgan fingerprint density at radius 1 is 1.33 bits per heavy atom. The van der Waals surface area contributed by atoms with Gasteiger partial charge in [-0.05, 0) is 42.8 Å². The molecule has 0 aliphatic carbocycles. The number of benzene rings is 1. The van der Waals surface area contributed by atoms with Crippen molar-refractivity contribution in [2.75, 3.05) is 11.1 Å². The Morgan fingerprint density at radius 2 is 2.11 bits per heavy atom. The molecule has 2 aromatic rings. The number of hydrogen-bond acceptors (Lipinski definition) is 3. The number of nitrogen functional groups attached to an aromatic ring is 1. The lowest BCUT2D eigenvalue weighted by Crippen LogP contribution is -2.14. The van der Waals surface area contributed by atoms with Crippen LogP contribution in [0, 0.1) is 12.9 Å². The fraction of sp³-hybridized carbons (Fsp3) is 0.0769. The van der Waals surface area contributed by atoms with Crippen LogP contribution in [0.3, 0.4) is 0 Å². The minimum Gasteiger partial charge on any atom is -0.399 e. The number of aryl methyl sites for hydroxylation is 1. The third-order valence-corrected chi connectivity index (χ3v) is 2.45. The monoisotopic (exact) mass is 245 g/mol. The van der Waals surface area contributed by atoms with Crippen LogP contribution in [0.5, 0.6) is 0 Å². The smallest absolute Gasteiger partial charge is 0.257 e. The predicted molar refractivity (Wildman–Crippen MR) is 67.7 cm³/mol. The molecule has 0 spiro atoms. The Balaban J connectivity index is 2.22. The highest BCUT2D eigenvalue weighted by Crippen LogP contribution is 2.14. The van der Waals surface area contributed by atoms with Gasteiger partial charge in [-0.25, -0.2) is 4.98 Å². The van der Waals surface area contributed by atoms with Crippen LogP contribution in [0.15, 0.2) is 36.4 Å². The first kappa shape index (κ1) is 12.0. The molecular weight excluding hydrogens is 233 g/mol. The molecule has 0 saturated carbocycles. The summed E-state index contributed by atoms with van der Waals surface area (Å²) in [7, 11) is 0. The van der Waals surface area contributed by atoms with E-state index in [0.29, 0.717) is 11.3 Å². The predicted octanol–water partition coefficient (Wildman–Crippen LogP) is 2.36. The third kappa shape index (κ3) is 2.63. The lowest BCUT2D eigenvalue weighted by Gasteiger charge is -2.07. The lowest BCUT2D eigenvalue weighted by molar-refractivity contribution is 0.102. The maximum absolute atomic E-state index is 12.9. The third-order valence-electron chi connectivity index (χ3n) is 2.45. The number of anilines is 2. The van der Waals surface area contributed by atoms with Crippen molar-refractivity contribution < 1.29 is 9.18 Å². The summed E-state index contributed by atoms with van der Waals surface area (Å²) in [6.45, 7) is 1.78. The van der Waals surface area contributed by atoms with E-state index >= 15 is 0 Å². The van der Waals surface area contributed by atoms with Crippen molar-refractivity contribution >= 4 is 17.4 Å². The van der Waals surface area contributed by atoms with Crippen LogP contribution in [-0.4, -0.2) is 10.9 Å². The van der Waals surface area contributed by atoms with E-state index in [2.05, 4.69) is 10.3 Å². The van der Waals surface area contributed by atoms with E-state index in [1.165, 1.54) is 18.2 Å². The zero-order valence-corrected chi connectivity index (χ0v) is 9.77. The van der Waals surface area contributed by atoms with Gasteiger partial charge in [-0.2, -0.15) is 4.39 Å². The van der Waals surface area contributed by atoms with Crippen molar-refractivity contribution in [3.8, 4) is 0 Å². The van der Waals surface area contributed by atoms with Gasteiger partial charge in [0.15, 0.2) is 0 Å². The summed E-state index contributed by atoms with van der Waals surface area (Å²) in [5.41, 5.74) is 7.43. The summed E-state index contributed by atoms with van der Waals surface area (Å²) in [4.78, 5) is 15.5. The zero-order valence-electron chi connectivity index (χ0n) is 9.77. The van der Waals surface area contributed by atoms with Gasteiger partial charge < -0.3 is 11.1 Å². The van der Waals surface area contributed by atoms with Gasteiger partial charge >= 0.3 is 0 Å². The van der Waals surface area contributed by atoms with Crippen molar-refractivity contribution in [3.63, 3.8) is 0 Å². The molecule has 3 N–H and O–H groups in total. The van der Waals surface area contributed by atoms with E-state index in [-0.39, 0.29) is 11.7 Å². The van der Waals surface area contributed by atoms with E-state index < -0.39 is 5.95 Å². The molecule has 1 heterocycles. The molecular formula is C13H12FN3O. The second kappa shape index (κ2) is 4.83. The van der Waals surface area contributed by atoms with Gasteiger partial charge in [0.1, 0.15) is 5.82 Å². The maximum Gasteiger partial charge on any atom is 0.257 e. The summed E-state index contributed by atoms with van der Waals surface area (Å²) >= 11 is 0. The van der Waals surface area contributed by atoms with Crippen LogP contribution in [0.1, 0.15) is 15.9 Å². The van der Waals surface area contributed by atoms with Gasteiger partial charge in [0.05, 0.1) is 0 Å². The van der Waals surface area contributed by atoms with Gasteiger partial charge in [-0.3, -0.25) is 4.79 Å². The van der Waals surface area contributed by atoms with Crippen LogP contribution in [0.4, 0.5) is 15.9 Å². The molecule has 0 atom stereocenters. The number of hydrogen-bond donors (Lipinski definition) is 2. The molecule has 2 rings (SSSR count). The molecule has 5 heteroatoms. The van der Waals surface area contributed by atoms with E-state index in [1.54, 1.807) is 25.1 Å². The Kier molecular flexibility index (Phi) is 3.23. The van der Waals surface area contributed by atoms with Crippen molar-refractivity contribution in [2.24, 2.45) is 0 Å². The Bertz CT molecular complexity index is 599. The second-order valence-corrected chi connectivity index (χ2v) is 3.87. The minimum atomic E-state index is -0.637. The normalized spacial score (nSPS) is 10.1. The van der Waals surface area contributed by atoms with Crippen molar-refractivity contribution in [3.05, 3.63) is 53.5 Å². The van der Waals surface area contributed by atoms with E-state index in [1.807, 2.05) is 0 Å². The number of carbonyl (C=O) groups excluding carboxylic acids is 1. The van der Waals surface area contributed by atoms with Gasteiger partial charge in [0, 0.05) is 11.3 Å². The fourth-order valence-electron chi connectivity index (χ4n) is 1.60. The standard InChI is InChI=1S/C13H12FN3O/c1-8-7-9(15)5-6-10(8)13(18)17-12-4-2-3-11(14)16-12/h2-7H,15H2,1H3,(H,16,17,18). The molecule has 18 heavy (non-hydrogen) atoms. The topological polar surface area (TPSA) is 68.0 Å². The number of pyridine rings is 1. The van der Waals surface area contributed by atoms with Gasteiger partial charge in [-0.1, -0.05) is 6.07 Å². The minimum absolute atomic E-state index is 0.177. The van der Waals surface area contributed by atoms with Gasteiger partial charge in [0.25, 0.3) is 5.91 Å². The maximum atomic E-state index is 12.9. The summed E-state index contributed by atoms with van der Waals surface area (Å²) in [5.74, 6) is -0.802. The Labute approximate surface area is 104 Å². The summed E-state index contributed by atoms with van der Waals surface area (Å²) in [6, 6.07) is 9.18. The zero-order chi connectivity index (χ0) is 13.1. The molecule has 0 bridgehead atoms. The first-order chi connectivity index (χ1) is 8.56. The van der Waals surface area contributed by atoms with Crippen LogP contribution in [0.2, 0.25) is 0 Å². The molecule has 0 aliphatic heterocycles. The number of rotatable bonds is 2. The summed E-state index contributed by atoms with van der Waals surface area (Å²) < 4.78 is 12.9. The van der Waals surface area contributed by atoms with Gasteiger partial charge in [0.2, 0.25) is 5.95 Å². The number of nitrogens with two attached hydrogens (primary N) is 1. The highest BCUT2D eigenvalue weighted by molar-refractivity contribution is 6.04. The largest absolute Gasteiger partial charge is 0.399 e. The second-order valence-electron chi connectivity index (χ2n) is 3.87. The quantitative estimate of drug-likeness (QED) is 0.630. The molecule has 1 aromatic heterocycles. The molecule has 0 saturated heterocycles. The summed E-state index contributed by atoms with van der Waals surface area (Å²) in [5, 5.41) is 2.53. The van der Waals surface area contributed by atoms with E-state index in [4.69, 9.17) is 5.73 Å². The molecule has 0 aliphatic rings. The first-order valence-electron chi connectivity index (χ1n) is 5.36. The molecule has 0 unspecified atom stereocenters. The van der Waals surface area contributed by atoms with Crippen molar-refractivity contribution in [1.29, 1.82) is 0 Å². The van der Waals surface area contributed by atoms with Gasteiger partial charge in [-0.15, -0.1) is 0 Å². The van der Waals surface area contributed by atoms with Crippen LogP contribution >= 0.6 is 0 Å². The number of nitrogens with one attached hydrogen (secondary N) is 1. The fourth-order valence-corrected chi connectivity index (χ4v) is 1.60. The van der Waals surface area contributed by atoms with Crippen LogP contribution in [-0.2, 0) is 0 Å². The number of amides is 1. The number of aromatic nitrogens is 1. The molecule has 1 amide bonds. The molecule has 4 nitrogen and oxygen atoms in total. The number of carbonyl (C=O) groups is 1. The molecule has 0 fully saturated rings. The Hall–Kier alpha value is -2.43. The van der Waals surface area contributed by atoms with E-state index in [9.17, 15) is 9.18 Å². The average molecular weight is 245 g/mol. The SMILES string of the molecule is Cc1cc(N)ccc1C(=O)Nc1cccc(F)n1.